The molecule has 1 heterocycles. The molecular formula is C15H19N3O3. The topological polar surface area (TPSA) is 103 Å². The molecule has 0 bridgehead atoms. The van der Waals surface area contributed by atoms with Gasteiger partial charge in [0.05, 0.1) is 6.54 Å². The van der Waals surface area contributed by atoms with Crippen molar-refractivity contribution in [3.05, 3.63) is 30.0 Å². The van der Waals surface area contributed by atoms with E-state index in [9.17, 15) is 9.59 Å². The molecule has 112 valence electrons. The van der Waals surface area contributed by atoms with Crippen LogP contribution in [0, 0.1) is 5.92 Å². The molecule has 0 aliphatic carbocycles. The van der Waals surface area contributed by atoms with Crippen LogP contribution in [0.1, 0.15) is 24.4 Å². The average Bonchev–Trinajstić information content (AvgIpc) is 2.78. The molecule has 2 rings (SSSR count). The highest BCUT2D eigenvalue weighted by Gasteiger charge is 2.22. The quantitative estimate of drug-likeness (QED) is 0.816. The first-order valence-electron chi connectivity index (χ1n) is 6.73. The number of nitrogens with two attached hydrogens (primary N) is 2. The summed E-state index contributed by atoms with van der Waals surface area (Å²) in [6.07, 6.45) is 0. The molecule has 1 aromatic heterocycles. The van der Waals surface area contributed by atoms with Crippen LogP contribution in [0.2, 0.25) is 0 Å². The van der Waals surface area contributed by atoms with Gasteiger partial charge >= 0.3 is 0 Å². The van der Waals surface area contributed by atoms with Crippen molar-refractivity contribution < 1.29 is 14.0 Å². The predicted molar refractivity (Wildman–Crippen MR) is 80.6 cm³/mol. The number of amides is 2. The fourth-order valence-corrected chi connectivity index (χ4v) is 2.17. The van der Waals surface area contributed by atoms with E-state index in [4.69, 9.17) is 15.9 Å². The lowest BCUT2D eigenvalue weighted by Gasteiger charge is -2.21. The molecule has 6 heteroatoms. The van der Waals surface area contributed by atoms with E-state index in [0.29, 0.717) is 17.8 Å². The summed E-state index contributed by atoms with van der Waals surface area (Å²) in [5, 5.41) is 0.752. The summed E-state index contributed by atoms with van der Waals surface area (Å²) >= 11 is 0. The molecular weight excluding hydrogens is 270 g/mol. The largest absolute Gasteiger partial charge is 0.451 e. The van der Waals surface area contributed by atoms with E-state index in [-0.39, 0.29) is 24.1 Å². The van der Waals surface area contributed by atoms with Crippen molar-refractivity contribution >= 4 is 28.5 Å². The Labute approximate surface area is 122 Å². The summed E-state index contributed by atoms with van der Waals surface area (Å²) in [6.45, 7) is 4.22. The average molecular weight is 289 g/mol. The van der Waals surface area contributed by atoms with Crippen molar-refractivity contribution in [2.45, 2.75) is 13.8 Å². The van der Waals surface area contributed by atoms with E-state index in [1.165, 1.54) is 4.90 Å². The second-order valence-electron chi connectivity index (χ2n) is 5.45. The van der Waals surface area contributed by atoms with Gasteiger partial charge in [0.1, 0.15) is 5.58 Å². The van der Waals surface area contributed by atoms with Gasteiger partial charge in [0.15, 0.2) is 5.76 Å². The number of benzene rings is 1. The van der Waals surface area contributed by atoms with Crippen molar-refractivity contribution in [3.8, 4) is 0 Å². The van der Waals surface area contributed by atoms with Gasteiger partial charge in [0, 0.05) is 17.6 Å². The molecule has 0 radical (unpaired) electrons. The third kappa shape index (κ3) is 3.53. The number of furan rings is 1. The van der Waals surface area contributed by atoms with Crippen LogP contribution in [-0.4, -0.2) is 29.8 Å². The number of nitrogen functional groups attached to an aromatic ring is 1. The maximum atomic E-state index is 12.5. The number of hydrogen-bond donors (Lipinski definition) is 2. The van der Waals surface area contributed by atoms with E-state index in [1.807, 2.05) is 13.8 Å². The Morgan fingerprint density at radius 1 is 1.29 bits per heavy atom. The molecule has 0 fully saturated rings. The van der Waals surface area contributed by atoms with Crippen LogP contribution >= 0.6 is 0 Å². The van der Waals surface area contributed by atoms with Crippen LogP contribution in [0.3, 0.4) is 0 Å². The third-order valence-corrected chi connectivity index (χ3v) is 2.97. The summed E-state index contributed by atoms with van der Waals surface area (Å²) in [7, 11) is 0. The van der Waals surface area contributed by atoms with Gasteiger partial charge < -0.3 is 20.8 Å². The highest BCUT2D eigenvalue weighted by Crippen LogP contribution is 2.23. The van der Waals surface area contributed by atoms with E-state index in [0.717, 1.165) is 5.39 Å². The molecule has 0 saturated heterocycles. The fraction of sp³-hybridized carbons (Fsp3) is 0.333. The normalized spacial score (nSPS) is 11.0. The van der Waals surface area contributed by atoms with Crippen molar-refractivity contribution in [2.24, 2.45) is 11.7 Å². The zero-order valence-corrected chi connectivity index (χ0v) is 12.1. The number of fused-ring (bicyclic) bond motifs is 1. The van der Waals surface area contributed by atoms with Gasteiger partial charge in [0.2, 0.25) is 5.91 Å². The molecule has 6 nitrogen and oxygen atoms in total. The molecule has 0 saturated carbocycles. The minimum atomic E-state index is -0.552. The third-order valence-electron chi connectivity index (χ3n) is 2.97. The van der Waals surface area contributed by atoms with E-state index in [1.54, 1.807) is 24.3 Å². The first-order chi connectivity index (χ1) is 9.86. The highest BCUT2D eigenvalue weighted by molar-refractivity contribution is 5.98. The van der Waals surface area contributed by atoms with Gasteiger partial charge in [-0.25, -0.2) is 0 Å². The van der Waals surface area contributed by atoms with E-state index >= 15 is 0 Å². The number of hydrogen-bond acceptors (Lipinski definition) is 4. The summed E-state index contributed by atoms with van der Waals surface area (Å²) < 4.78 is 5.53. The van der Waals surface area contributed by atoms with Gasteiger partial charge in [-0.05, 0) is 30.2 Å². The Balaban J connectivity index is 2.30. The lowest BCUT2D eigenvalue weighted by Crippen LogP contribution is -2.40. The predicted octanol–water partition coefficient (Wildman–Crippen LogP) is 1.60. The van der Waals surface area contributed by atoms with Crippen LogP contribution in [0.5, 0.6) is 0 Å². The standard InChI is InChI=1S/C15H19N3O3/c1-9(2)7-18(8-14(17)19)15(20)13-6-10-5-11(16)3-4-12(10)21-13/h3-6,9H,7-8,16H2,1-2H3,(H2,17,19). The lowest BCUT2D eigenvalue weighted by atomic mass is 10.2. The molecule has 0 spiro atoms. The van der Waals surface area contributed by atoms with Gasteiger partial charge in [0.25, 0.3) is 5.91 Å². The Hall–Kier alpha value is -2.50. The fourth-order valence-electron chi connectivity index (χ4n) is 2.17. The van der Waals surface area contributed by atoms with Crippen LogP contribution in [0.15, 0.2) is 28.7 Å². The smallest absolute Gasteiger partial charge is 0.290 e. The number of primary amides is 1. The van der Waals surface area contributed by atoms with E-state index in [2.05, 4.69) is 0 Å². The molecule has 0 unspecified atom stereocenters. The van der Waals surface area contributed by atoms with Crippen molar-refractivity contribution in [1.29, 1.82) is 0 Å². The minimum Gasteiger partial charge on any atom is -0.451 e. The number of anilines is 1. The van der Waals surface area contributed by atoms with Gasteiger partial charge in [-0.3, -0.25) is 9.59 Å². The van der Waals surface area contributed by atoms with Gasteiger partial charge in [-0.1, -0.05) is 13.8 Å². The Bertz CT molecular complexity index is 676. The molecule has 2 aromatic rings. The number of nitrogens with zero attached hydrogens (tertiary/aromatic N) is 1. The summed E-state index contributed by atoms with van der Waals surface area (Å²) in [5.74, 6) is -0.507. The monoisotopic (exact) mass is 289 g/mol. The minimum absolute atomic E-state index is 0.129. The second kappa shape index (κ2) is 5.87. The van der Waals surface area contributed by atoms with Crippen molar-refractivity contribution in [2.75, 3.05) is 18.8 Å². The SMILES string of the molecule is CC(C)CN(CC(N)=O)C(=O)c1cc2cc(N)ccc2o1. The van der Waals surface area contributed by atoms with Gasteiger partial charge in [-0.2, -0.15) is 0 Å². The van der Waals surface area contributed by atoms with Gasteiger partial charge in [-0.15, -0.1) is 0 Å². The first-order valence-corrected chi connectivity index (χ1v) is 6.73. The van der Waals surface area contributed by atoms with Crippen molar-refractivity contribution in [1.82, 2.24) is 4.90 Å². The maximum absolute atomic E-state index is 12.5. The zero-order valence-electron chi connectivity index (χ0n) is 12.1. The molecule has 4 N–H and O–H groups in total. The molecule has 21 heavy (non-hydrogen) atoms. The van der Waals surface area contributed by atoms with Crippen LogP contribution in [0.25, 0.3) is 11.0 Å². The second-order valence-corrected chi connectivity index (χ2v) is 5.45. The first kappa shape index (κ1) is 14.9. The highest BCUT2D eigenvalue weighted by atomic mass is 16.3. The summed E-state index contributed by atoms with van der Waals surface area (Å²) in [5.41, 5.74) is 12.1. The number of rotatable bonds is 5. The zero-order chi connectivity index (χ0) is 15.6. The van der Waals surface area contributed by atoms with Crippen molar-refractivity contribution in [3.63, 3.8) is 0 Å². The molecule has 1 aromatic carbocycles. The van der Waals surface area contributed by atoms with Crippen LogP contribution in [0.4, 0.5) is 5.69 Å². The van der Waals surface area contributed by atoms with Crippen LogP contribution in [-0.2, 0) is 4.79 Å². The Kier molecular flexibility index (Phi) is 4.16. The Morgan fingerprint density at radius 2 is 2.00 bits per heavy atom. The number of carbonyl (C=O) groups is 2. The molecule has 0 aliphatic heterocycles. The van der Waals surface area contributed by atoms with Crippen LogP contribution < -0.4 is 11.5 Å². The summed E-state index contributed by atoms with van der Waals surface area (Å²) in [4.78, 5) is 25.0. The molecule has 0 atom stereocenters. The molecule has 0 aliphatic rings. The maximum Gasteiger partial charge on any atom is 0.290 e. The van der Waals surface area contributed by atoms with E-state index < -0.39 is 5.91 Å². The number of carbonyl (C=O) groups excluding carboxylic acids is 2. The molecule has 2 amide bonds. The lowest BCUT2D eigenvalue weighted by molar-refractivity contribution is -0.118. The Morgan fingerprint density at radius 3 is 2.62 bits per heavy atom. The summed E-state index contributed by atoms with van der Waals surface area (Å²) in [6, 6.07) is 6.77.